The molecule has 0 aliphatic heterocycles. The van der Waals surface area contributed by atoms with Crippen LogP contribution in [-0.2, 0) is 0 Å². The fourth-order valence-corrected chi connectivity index (χ4v) is 2.92. The lowest BCUT2D eigenvalue weighted by Crippen LogP contribution is -2.28. The molecule has 0 saturated heterocycles. The van der Waals surface area contributed by atoms with E-state index in [0.29, 0.717) is 18.5 Å². The van der Waals surface area contributed by atoms with Gasteiger partial charge >= 0.3 is 5.51 Å². The molecule has 0 heterocycles. The average Bonchev–Trinajstić information content (AvgIpc) is 2.81. The summed E-state index contributed by atoms with van der Waals surface area (Å²) in [6.45, 7) is 0.481. The molecule has 116 valence electrons. The van der Waals surface area contributed by atoms with E-state index in [-0.39, 0.29) is 34.6 Å². The summed E-state index contributed by atoms with van der Waals surface area (Å²) in [6.07, 6.45) is 2.03. The summed E-state index contributed by atoms with van der Waals surface area (Å²) >= 11 is -0.204. The number of carbonyl (C=O) groups is 1. The topological polar surface area (TPSA) is 49.3 Å². The van der Waals surface area contributed by atoms with E-state index in [9.17, 15) is 23.1 Å². The standard InChI is InChI=1S/C14H16F3NO2S/c15-14(16,17)21-12-5-2-10(3-6-12)13(20)18-8-9-1-4-11(19)7-9/h2-3,5-6,9,11,19H,1,4,7-8H2,(H,18,20). The highest BCUT2D eigenvalue weighted by molar-refractivity contribution is 8.00. The third kappa shape index (κ3) is 5.24. The summed E-state index contributed by atoms with van der Waals surface area (Å²) in [4.78, 5) is 11.9. The number of carbonyl (C=O) groups excluding carboxylic acids is 1. The fraction of sp³-hybridized carbons (Fsp3) is 0.500. The highest BCUT2D eigenvalue weighted by Crippen LogP contribution is 2.36. The Labute approximate surface area is 124 Å². The Hall–Kier alpha value is -1.21. The molecule has 0 radical (unpaired) electrons. The number of alkyl halides is 3. The van der Waals surface area contributed by atoms with Crippen LogP contribution in [0.2, 0.25) is 0 Å². The molecule has 0 bridgehead atoms. The Morgan fingerprint density at radius 1 is 1.29 bits per heavy atom. The van der Waals surface area contributed by atoms with E-state index in [0.717, 1.165) is 12.8 Å². The van der Waals surface area contributed by atoms with Gasteiger partial charge in [-0.15, -0.1) is 0 Å². The third-order valence-corrected chi connectivity index (χ3v) is 4.15. The van der Waals surface area contributed by atoms with Gasteiger partial charge in [0.2, 0.25) is 0 Å². The minimum absolute atomic E-state index is 0.0537. The third-order valence-electron chi connectivity index (χ3n) is 3.41. The molecule has 1 aliphatic carbocycles. The van der Waals surface area contributed by atoms with Crippen LogP contribution in [0.15, 0.2) is 29.2 Å². The summed E-state index contributed by atoms with van der Waals surface area (Å²) in [5.41, 5.74) is -3.99. The first kappa shape index (κ1) is 16.2. The van der Waals surface area contributed by atoms with Crippen molar-refractivity contribution in [3.63, 3.8) is 0 Å². The first-order chi connectivity index (χ1) is 9.83. The maximum Gasteiger partial charge on any atom is 0.446 e. The second-order valence-electron chi connectivity index (χ2n) is 5.12. The maximum atomic E-state index is 12.2. The SMILES string of the molecule is O=C(NCC1CCC(O)C1)c1ccc(SC(F)(F)F)cc1. The van der Waals surface area contributed by atoms with Gasteiger partial charge in [-0.2, -0.15) is 13.2 Å². The lowest BCUT2D eigenvalue weighted by Gasteiger charge is -2.11. The lowest BCUT2D eigenvalue weighted by molar-refractivity contribution is -0.0328. The van der Waals surface area contributed by atoms with Crippen molar-refractivity contribution in [3.8, 4) is 0 Å². The van der Waals surface area contributed by atoms with Crippen LogP contribution in [0.25, 0.3) is 0 Å². The predicted octanol–water partition coefficient (Wildman–Crippen LogP) is 3.19. The van der Waals surface area contributed by atoms with Crippen LogP contribution in [0.4, 0.5) is 13.2 Å². The molecule has 1 fully saturated rings. The Morgan fingerprint density at radius 3 is 2.48 bits per heavy atom. The average molecular weight is 319 g/mol. The molecule has 0 aromatic heterocycles. The second-order valence-corrected chi connectivity index (χ2v) is 6.25. The van der Waals surface area contributed by atoms with Crippen molar-refractivity contribution in [1.29, 1.82) is 0 Å². The molecule has 0 spiro atoms. The zero-order chi connectivity index (χ0) is 15.5. The van der Waals surface area contributed by atoms with E-state index < -0.39 is 5.51 Å². The van der Waals surface area contributed by atoms with Crippen molar-refractivity contribution in [2.24, 2.45) is 5.92 Å². The van der Waals surface area contributed by atoms with Gasteiger partial charge in [0.15, 0.2) is 0 Å². The van der Waals surface area contributed by atoms with Gasteiger partial charge in [-0.3, -0.25) is 4.79 Å². The maximum absolute atomic E-state index is 12.2. The van der Waals surface area contributed by atoms with Gasteiger partial charge in [-0.05, 0) is 61.2 Å². The molecule has 2 N–H and O–H groups in total. The van der Waals surface area contributed by atoms with Crippen LogP contribution in [-0.4, -0.2) is 29.2 Å². The molecule has 2 atom stereocenters. The number of nitrogens with one attached hydrogen (secondary N) is 1. The van der Waals surface area contributed by atoms with Crippen LogP contribution in [0.5, 0.6) is 0 Å². The lowest BCUT2D eigenvalue weighted by atomic mass is 10.1. The minimum Gasteiger partial charge on any atom is -0.393 e. The normalized spacial score (nSPS) is 22.3. The zero-order valence-electron chi connectivity index (χ0n) is 11.2. The number of thioether (sulfide) groups is 1. The van der Waals surface area contributed by atoms with E-state index >= 15 is 0 Å². The van der Waals surface area contributed by atoms with Crippen molar-refractivity contribution in [1.82, 2.24) is 5.32 Å². The van der Waals surface area contributed by atoms with E-state index in [4.69, 9.17) is 0 Å². The van der Waals surface area contributed by atoms with Crippen molar-refractivity contribution in [2.75, 3.05) is 6.54 Å². The van der Waals surface area contributed by atoms with Gasteiger partial charge in [0.05, 0.1) is 6.10 Å². The van der Waals surface area contributed by atoms with Gasteiger partial charge in [-0.1, -0.05) is 0 Å². The molecular formula is C14H16F3NO2S. The van der Waals surface area contributed by atoms with Crippen LogP contribution in [0, 0.1) is 5.92 Å². The molecule has 21 heavy (non-hydrogen) atoms. The number of rotatable bonds is 4. The molecule has 1 aromatic rings. The molecule has 1 aliphatic rings. The van der Waals surface area contributed by atoms with Crippen molar-refractivity contribution in [2.45, 2.75) is 35.8 Å². The molecular weight excluding hydrogens is 303 g/mol. The van der Waals surface area contributed by atoms with E-state index in [1.54, 1.807) is 0 Å². The van der Waals surface area contributed by atoms with Crippen LogP contribution >= 0.6 is 11.8 Å². The molecule has 1 amide bonds. The first-order valence-corrected chi connectivity index (χ1v) is 7.47. The minimum atomic E-state index is -4.33. The Bertz CT molecular complexity index is 490. The highest BCUT2D eigenvalue weighted by atomic mass is 32.2. The number of amides is 1. The van der Waals surface area contributed by atoms with Gasteiger partial charge in [0.1, 0.15) is 0 Å². The number of aliphatic hydroxyl groups is 1. The molecule has 1 saturated carbocycles. The highest BCUT2D eigenvalue weighted by Gasteiger charge is 2.29. The predicted molar refractivity (Wildman–Crippen MR) is 74.0 cm³/mol. The van der Waals surface area contributed by atoms with E-state index in [1.165, 1.54) is 24.3 Å². The van der Waals surface area contributed by atoms with Crippen molar-refractivity contribution < 1.29 is 23.1 Å². The number of hydrogen-bond acceptors (Lipinski definition) is 3. The van der Waals surface area contributed by atoms with Crippen LogP contribution < -0.4 is 5.32 Å². The van der Waals surface area contributed by atoms with E-state index in [1.807, 2.05) is 0 Å². The summed E-state index contributed by atoms with van der Waals surface area (Å²) in [6, 6.07) is 5.33. The van der Waals surface area contributed by atoms with Gasteiger partial charge in [0, 0.05) is 17.0 Å². The summed E-state index contributed by atoms with van der Waals surface area (Å²) < 4.78 is 36.6. The van der Waals surface area contributed by atoms with Crippen LogP contribution in [0.1, 0.15) is 29.6 Å². The Balaban J connectivity index is 1.85. The second kappa shape index (κ2) is 6.70. The molecule has 2 unspecified atom stereocenters. The van der Waals surface area contributed by atoms with Crippen molar-refractivity contribution >= 4 is 17.7 Å². The number of halogens is 3. The zero-order valence-corrected chi connectivity index (χ0v) is 12.0. The van der Waals surface area contributed by atoms with Gasteiger partial charge in [0.25, 0.3) is 5.91 Å². The smallest absolute Gasteiger partial charge is 0.393 e. The number of benzene rings is 1. The first-order valence-electron chi connectivity index (χ1n) is 6.65. The number of hydrogen-bond donors (Lipinski definition) is 2. The molecule has 1 aromatic carbocycles. The fourth-order valence-electron chi connectivity index (χ4n) is 2.38. The van der Waals surface area contributed by atoms with E-state index in [2.05, 4.69) is 5.32 Å². The molecule has 7 heteroatoms. The Kier molecular flexibility index (Phi) is 5.16. The van der Waals surface area contributed by atoms with Gasteiger partial charge in [-0.25, -0.2) is 0 Å². The quantitative estimate of drug-likeness (QED) is 0.838. The number of aliphatic hydroxyl groups excluding tert-OH is 1. The summed E-state index contributed by atoms with van der Waals surface area (Å²) in [5, 5.41) is 12.1. The van der Waals surface area contributed by atoms with Gasteiger partial charge < -0.3 is 10.4 Å². The summed E-state index contributed by atoms with van der Waals surface area (Å²) in [7, 11) is 0. The monoisotopic (exact) mass is 319 g/mol. The van der Waals surface area contributed by atoms with Crippen LogP contribution in [0.3, 0.4) is 0 Å². The largest absolute Gasteiger partial charge is 0.446 e. The molecule has 3 nitrogen and oxygen atoms in total. The van der Waals surface area contributed by atoms with Crippen molar-refractivity contribution in [3.05, 3.63) is 29.8 Å². The molecule has 2 rings (SSSR count). The Morgan fingerprint density at radius 2 is 1.95 bits per heavy atom. The summed E-state index contributed by atoms with van der Waals surface area (Å²) in [5.74, 6) is -0.0380.